The van der Waals surface area contributed by atoms with Crippen molar-refractivity contribution in [3.8, 4) is 28.7 Å². The van der Waals surface area contributed by atoms with Gasteiger partial charge in [-0.15, -0.1) is 0 Å². The summed E-state index contributed by atoms with van der Waals surface area (Å²) < 4.78 is 7.63. The molecule has 2 aliphatic heterocycles. The lowest BCUT2D eigenvalue weighted by molar-refractivity contribution is 0.415. The van der Waals surface area contributed by atoms with Gasteiger partial charge >= 0.3 is 5.69 Å². The van der Waals surface area contributed by atoms with Crippen molar-refractivity contribution in [1.29, 1.82) is 0 Å². The van der Waals surface area contributed by atoms with Crippen molar-refractivity contribution in [1.82, 2.24) is 24.3 Å². The van der Waals surface area contributed by atoms with E-state index in [2.05, 4.69) is 15.1 Å². The first kappa shape index (κ1) is 14.9. The van der Waals surface area contributed by atoms with Crippen molar-refractivity contribution in [2.24, 2.45) is 7.05 Å². The maximum atomic E-state index is 12.3. The van der Waals surface area contributed by atoms with Gasteiger partial charge in [0.2, 0.25) is 0 Å². The molecule has 2 aliphatic rings. The van der Waals surface area contributed by atoms with Gasteiger partial charge in [-0.3, -0.25) is 9.36 Å². The standard InChI is InChI=1S/C15H15N5O3/c1-4-20-13-11(14(21)19(2)15(22)17-13)16-12(18-20)9-6-5-7-10(8-9)23-3/h5-8H,4H2,1-3H3. The Bertz CT molecular complexity index is 960. The largest absolute Gasteiger partial charge is 0.497 e. The molecule has 1 aromatic rings. The van der Waals surface area contributed by atoms with Crippen LogP contribution in [0.4, 0.5) is 0 Å². The maximum Gasteiger partial charge on any atom is 0.352 e. The van der Waals surface area contributed by atoms with Crippen LogP contribution in [0.2, 0.25) is 0 Å². The van der Waals surface area contributed by atoms with Gasteiger partial charge in [0, 0.05) is 19.2 Å². The second kappa shape index (κ2) is 5.64. The summed E-state index contributed by atoms with van der Waals surface area (Å²) in [5, 5.41) is 4.38. The van der Waals surface area contributed by atoms with Crippen LogP contribution in [0.25, 0.3) is 22.9 Å². The van der Waals surface area contributed by atoms with Gasteiger partial charge in [0.15, 0.2) is 17.3 Å². The Morgan fingerprint density at radius 3 is 2.70 bits per heavy atom. The summed E-state index contributed by atoms with van der Waals surface area (Å²) in [6.45, 7) is 2.31. The van der Waals surface area contributed by atoms with Gasteiger partial charge in [0.1, 0.15) is 5.75 Å². The Morgan fingerprint density at radius 2 is 2.00 bits per heavy atom. The van der Waals surface area contributed by atoms with Gasteiger partial charge < -0.3 is 4.74 Å². The Kier molecular flexibility index (Phi) is 3.65. The van der Waals surface area contributed by atoms with Crippen LogP contribution in [0.3, 0.4) is 0 Å². The summed E-state index contributed by atoms with van der Waals surface area (Å²) >= 11 is 0. The lowest BCUT2D eigenvalue weighted by Gasteiger charge is -2.13. The van der Waals surface area contributed by atoms with E-state index in [1.165, 1.54) is 11.7 Å². The van der Waals surface area contributed by atoms with E-state index in [4.69, 9.17) is 4.74 Å². The van der Waals surface area contributed by atoms with E-state index < -0.39 is 11.2 Å². The predicted octanol–water partition coefficient (Wildman–Crippen LogP) is 0.532. The van der Waals surface area contributed by atoms with Crippen molar-refractivity contribution in [2.75, 3.05) is 7.11 Å². The van der Waals surface area contributed by atoms with Crippen molar-refractivity contribution in [2.45, 2.75) is 13.5 Å². The number of hydrogen-bond acceptors (Lipinski definition) is 6. The lowest BCUT2D eigenvalue weighted by Crippen LogP contribution is -2.37. The molecule has 0 radical (unpaired) electrons. The van der Waals surface area contributed by atoms with Crippen LogP contribution in [0.5, 0.6) is 5.75 Å². The molecule has 8 heteroatoms. The molecule has 0 aliphatic carbocycles. The summed E-state index contributed by atoms with van der Waals surface area (Å²) in [6.07, 6.45) is 0. The summed E-state index contributed by atoms with van der Waals surface area (Å²) in [4.78, 5) is 32.3. The summed E-state index contributed by atoms with van der Waals surface area (Å²) in [5.74, 6) is 1.22. The third kappa shape index (κ3) is 2.48. The minimum absolute atomic E-state index is 0.113. The van der Waals surface area contributed by atoms with Crippen molar-refractivity contribution in [3.63, 3.8) is 0 Å². The smallest absolute Gasteiger partial charge is 0.352 e. The fraction of sp³-hybridized carbons (Fsp3) is 0.267. The molecule has 0 amide bonds. The van der Waals surface area contributed by atoms with Crippen LogP contribution in [0.1, 0.15) is 6.92 Å². The molecule has 0 aromatic heterocycles. The lowest BCUT2D eigenvalue weighted by atomic mass is 10.2. The van der Waals surface area contributed by atoms with E-state index in [-0.39, 0.29) is 11.5 Å². The number of aryl methyl sites for hydroxylation is 1. The molecular weight excluding hydrogens is 298 g/mol. The summed E-state index contributed by atoms with van der Waals surface area (Å²) in [5.41, 5.74) is -0.292. The number of nitrogens with zero attached hydrogens (tertiary/aromatic N) is 5. The number of fused-ring (bicyclic) bond motifs is 1. The molecule has 0 saturated heterocycles. The van der Waals surface area contributed by atoms with Gasteiger partial charge in [0.25, 0.3) is 5.56 Å². The Hall–Kier alpha value is -3.03. The molecule has 0 N–H and O–H groups in total. The van der Waals surface area contributed by atoms with Gasteiger partial charge in [0.05, 0.1) is 7.11 Å². The van der Waals surface area contributed by atoms with Crippen LogP contribution in [-0.2, 0) is 13.6 Å². The molecule has 0 atom stereocenters. The number of rotatable bonds is 3. The minimum Gasteiger partial charge on any atom is -0.497 e. The first-order chi connectivity index (χ1) is 11.0. The molecular formula is C15H15N5O3. The minimum atomic E-state index is -0.623. The van der Waals surface area contributed by atoms with E-state index >= 15 is 0 Å². The molecule has 0 spiro atoms. The quantitative estimate of drug-likeness (QED) is 0.700. The average Bonchev–Trinajstić information content (AvgIpc) is 2.59. The van der Waals surface area contributed by atoms with Gasteiger partial charge in [-0.2, -0.15) is 10.1 Å². The monoisotopic (exact) mass is 313 g/mol. The predicted molar refractivity (Wildman–Crippen MR) is 83.6 cm³/mol. The van der Waals surface area contributed by atoms with Crippen LogP contribution < -0.4 is 16.0 Å². The molecule has 0 unspecified atom stereocenters. The highest BCUT2D eigenvalue weighted by molar-refractivity contribution is 5.61. The first-order valence-electron chi connectivity index (χ1n) is 7.05. The summed E-state index contributed by atoms with van der Waals surface area (Å²) in [6, 6.07) is 7.22. The fourth-order valence-electron chi connectivity index (χ4n) is 2.23. The zero-order valence-electron chi connectivity index (χ0n) is 13.0. The third-order valence-electron chi connectivity index (χ3n) is 3.51. The second-order valence-corrected chi connectivity index (χ2v) is 4.91. The molecule has 2 heterocycles. The molecule has 1 aromatic carbocycles. The third-order valence-corrected chi connectivity index (χ3v) is 3.51. The molecule has 23 heavy (non-hydrogen) atoms. The van der Waals surface area contributed by atoms with Gasteiger partial charge in [-0.25, -0.2) is 14.5 Å². The SMILES string of the molecule is CCn1nc(-c2cccc(OC)c2)nc2c(=O)n(C)c(=O)nc1-2. The van der Waals surface area contributed by atoms with Crippen LogP contribution in [-0.4, -0.2) is 31.4 Å². The highest BCUT2D eigenvalue weighted by atomic mass is 16.5. The highest BCUT2D eigenvalue weighted by Gasteiger charge is 2.20. The van der Waals surface area contributed by atoms with Crippen molar-refractivity contribution >= 4 is 0 Å². The number of hydrogen-bond donors (Lipinski definition) is 0. The number of benzene rings is 1. The fourth-order valence-corrected chi connectivity index (χ4v) is 2.23. The van der Waals surface area contributed by atoms with E-state index in [1.807, 2.05) is 25.1 Å². The Morgan fingerprint density at radius 1 is 1.22 bits per heavy atom. The first-order valence-corrected chi connectivity index (χ1v) is 7.05. The molecule has 0 saturated carbocycles. The number of methoxy groups -OCH3 is 1. The molecule has 3 rings (SSSR count). The van der Waals surface area contributed by atoms with Crippen molar-refractivity contribution < 1.29 is 4.74 Å². The van der Waals surface area contributed by atoms with Crippen molar-refractivity contribution in [3.05, 3.63) is 45.1 Å². The van der Waals surface area contributed by atoms with Gasteiger partial charge in [-0.05, 0) is 19.1 Å². The molecule has 0 fully saturated rings. The van der Waals surface area contributed by atoms with E-state index in [0.29, 0.717) is 23.7 Å². The highest BCUT2D eigenvalue weighted by Crippen LogP contribution is 2.22. The van der Waals surface area contributed by atoms with E-state index in [0.717, 1.165) is 4.57 Å². The average molecular weight is 313 g/mol. The second-order valence-electron chi connectivity index (χ2n) is 4.91. The van der Waals surface area contributed by atoms with E-state index in [1.54, 1.807) is 13.2 Å². The number of ether oxygens (including phenoxy) is 1. The zero-order chi connectivity index (χ0) is 16.6. The zero-order valence-corrected chi connectivity index (χ0v) is 13.0. The molecule has 0 bridgehead atoms. The Balaban J connectivity index is 2.33. The van der Waals surface area contributed by atoms with Crippen LogP contribution in [0, 0.1) is 0 Å². The number of aromatic nitrogens is 5. The van der Waals surface area contributed by atoms with Gasteiger partial charge in [-0.1, -0.05) is 12.1 Å². The molecule has 118 valence electrons. The van der Waals surface area contributed by atoms with Crippen LogP contribution in [0.15, 0.2) is 33.9 Å². The van der Waals surface area contributed by atoms with Crippen LogP contribution >= 0.6 is 0 Å². The topological polar surface area (TPSA) is 91.9 Å². The molecule has 8 nitrogen and oxygen atoms in total. The normalized spacial score (nSPS) is 10.9. The van der Waals surface area contributed by atoms with E-state index in [9.17, 15) is 9.59 Å². The maximum absolute atomic E-state index is 12.3. The summed E-state index contributed by atoms with van der Waals surface area (Å²) in [7, 11) is 2.95. The Labute approximate surface area is 131 Å².